The third-order valence-corrected chi connectivity index (χ3v) is 3.48. The van der Waals surface area contributed by atoms with Crippen LogP contribution in [0.25, 0.3) is 11.3 Å². The average molecular weight is 290 g/mol. The number of halogens is 1. The lowest BCUT2D eigenvalue weighted by Gasteiger charge is -2.09. The molecule has 0 fully saturated rings. The van der Waals surface area contributed by atoms with Crippen molar-refractivity contribution in [2.75, 3.05) is 0 Å². The molecule has 3 nitrogen and oxygen atoms in total. The lowest BCUT2D eigenvalue weighted by molar-refractivity contribution is 0.775. The Bertz CT molecular complexity index is 601. The van der Waals surface area contributed by atoms with Crippen molar-refractivity contribution >= 4 is 15.9 Å². The van der Waals surface area contributed by atoms with Crippen molar-refractivity contribution in [2.45, 2.75) is 13.8 Å². The lowest BCUT2D eigenvalue weighted by atomic mass is 9.98. The number of nitriles is 1. The van der Waals surface area contributed by atoms with E-state index in [9.17, 15) is 5.26 Å². The molecule has 0 spiro atoms. The summed E-state index contributed by atoms with van der Waals surface area (Å²) in [7, 11) is 1.87. The topological polar surface area (TPSA) is 41.6 Å². The maximum atomic E-state index is 9.22. The smallest absolute Gasteiger partial charge is 0.0998 e. The van der Waals surface area contributed by atoms with Gasteiger partial charge in [-0.3, -0.25) is 4.68 Å². The third-order valence-electron chi connectivity index (χ3n) is 2.90. The van der Waals surface area contributed by atoms with E-state index in [0.717, 1.165) is 21.3 Å². The molecule has 0 aliphatic carbocycles. The highest BCUT2D eigenvalue weighted by Gasteiger charge is 2.14. The molecule has 2 aromatic rings. The summed E-state index contributed by atoms with van der Waals surface area (Å²) in [5.74, 6) is 0. The molecule has 0 saturated carbocycles. The van der Waals surface area contributed by atoms with Crippen LogP contribution in [0.1, 0.15) is 16.7 Å². The van der Waals surface area contributed by atoms with Crippen molar-refractivity contribution in [3.05, 3.63) is 39.5 Å². The number of hydrogen-bond donors (Lipinski definition) is 0. The number of aryl methyl sites for hydroxylation is 3. The molecule has 1 aromatic heterocycles. The second-order valence-electron chi connectivity index (χ2n) is 4.06. The minimum Gasteiger partial charge on any atom is -0.267 e. The van der Waals surface area contributed by atoms with Gasteiger partial charge in [0.05, 0.1) is 28.0 Å². The van der Waals surface area contributed by atoms with Crippen LogP contribution in [0.5, 0.6) is 0 Å². The number of aromatic nitrogens is 2. The van der Waals surface area contributed by atoms with Crippen LogP contribution in [0, 0.1) is 25.2 Å². The Hall–Kier alpha value is -1.60. The molecule has 0 atom stereocenters. The summed E-state index contributed by atoms with van der Waals surface area (Å²) in [6.45, 7) is 4.06. The maximum absolute atomic E-state index is 9.22. The molecular weight excluding hydrogens is 278 g/mol. The average Bonchev–Trinajstić information content (AvgIpc) is 2.62. The van der Waals surface area contributed by atoms with Gasteiger partial charge in [0, 0.05) is 12.6 Å². The second kappa shape index (κ2) is 4.34. The fourth-order valence-electron chi connectivity index (χ4n) is 1.82. The highest BCUT2D eigenvalue weighted by atomic mass is 79.9. The zero-order valence-electron chi connectivity index (χ0n) is 9.95. The Morgan fingerprint density at radius 1 is 1.29 bits per heavy atom. The molecule has 1 aromatic carbocycles. The number of nitrogens with zero attached hydrogens (tertiary/aromatic N) is 3. The molecule has 0 radical (unpaired) electrons. The van der Waals surface area contributed by atoms with Gasteiger partial charge in [0.25, 0.3) is 0 Å². The Morgan fingerprint density at radius 3 is 2.47 bits per heavy atom. The van der Waals surface area contributed by atoms with Gasteiger partial charge in [0.2, 0.25) is 0 Å². The van der Waals surface area contributed by atoms with E-state index in [4.69, 9.17) is 0 Å². The van der Waals surface area contributed by atoms with Crippen LogP contribution in [0.3, 0.4) is 0 Å². The van der Waals surface area contributed by atoms with Crippen molar-refractivity contribution in [1.82, 2.24) is 9.78 Å². The first-order chi connectivity index (χ1) is 8.04. The molecule has 17 heavy (non-hydrogen) atoms. The van der Waals surface area contributed by atoms with Crippen LogP contribution in [-0.2, 0) is 7.05 Å². The summed E-state index contributed by atoms with van der Waals surface area (Å²) in [4.78, 5) is 0. The van der Waals surface area contributed by atoms with E-state index in [-0.39, 0.29) is 0 Å². The first-order valence-corrected chi connectivity index (χ1v) is 6.03. The second-order valence-corrected chi connectivity index (χ2v) is 4.91. The van der Waals surface area contributed by atoms with Gasteiger partial charge in [0.1, 0.15) is 0 Å². The van der Waals surface area contributed by atoms with E-state index in [0.29, 0.717) is 5.56 Å². The van der Waals surface area contributed by atoms with Gasteiger partial charge >= 0.3 is 0 Å². The highest BCUT2D eigenvalue weighted by Crippen LogP contribution is 2.31. The minimum absolute atomic E-state index is 0.678. The molecule has 0 aliphatic heterocycles. The Kier molecular flexibility index (Phi) is 3.03. The lowest BCUT2D eigenvalue weighted by Crippen LogP contribution is -1.97. The number of hydrogen-bond acceptors (Lipinski definition) is 2. The monoisotopic (exact) mass is 289 g/mol. The van der Waals surface area contributed by atoms with E-state index in [1.165, 1.54) is 5.56 Å². The van der Waals surface area contributed by atoms with Gasteiger partial charge in [0.15, 0.2) is 0 Å². The van der Waals surface area contributed by atoms with Crippen molar-refractivity contribution in [1.29, 1.82) is 5.26 Å². The van der Waals surface area contributed by atoms with E-state index in [2.05, 4.69) is 27.1 Å². The summed E-state index contributed by atoms with van der Waals surface area (Å²) < 4.78 is 2.68. The van der Waals surface area contributed by atoms with Crippen LogP contribution in [0.4, 0.5) is 0 Å². The molecule has 0 N–H and O–H groups in total. The van der Waals surface area contributed by atoms with Crippen molar-refractivity contribution < 1.29 is 0 Å². The summed E-state index contributed by atoms with van der Waals surface area (Å²) in [6, 6.07) is 6.20. The Morgan fingerprint density at radius 2 is 1.94 bits per heavy atom. The molecule has 0 amide bonds. The van der Waals surface area contributed by atoms with E-state index >= 15 is 0 Å². The predicted octanol–water partition coefficient (Wildman–Crippen LogP) is 3.34. The highest BCUT2D eigenvalue weighted by molar-refractivity contribution is 9.10. The van der Waals surface area contributed by atoms with E-state index in [1.807, 2.05) is 33.0 Å². The SMILES string of the molecule is Cc1cc(C#N)c(-c2c(Br)cnn2C)cc1C. The Balaban J connectivity index is 2.76. The van der Waals surface area contributed by atoms with Gasteiger partial charge in [-0.05, 0) is 53.0 Å². The van der Waals surface area contributed by atoms with Gasteiger partial charge in [-0.1, -0.05) is 0 Å². The van der Waals surface area contributed by atoms with Crippen LogP contribution in [0.2, 0.25) is 0 Å². The zero-order valence-corrected chi connectivity index (χ0v) is 11.5. The minimum atomic E-state index is 0.678. The van der Waals surface area contributed by atoms with Gasteiger partial charge in [-0.2, -0.15) is 10.4 Å². The normalized spacial score (nSPS) is 10.3. The van der Waals surface area contributed by atoms with Crippen molar-refractivity contribution in [2.24, 2.45) is 7.05 Å². The molecule has 0 aliphatic rings. The first kappa shape index (κ1) is 11.9. The van der Waals surface area contributed by atoms with Crippen LogP contribution >= 0.6 is 15.9 Å². The third kappa shape index (κ3) is 1.98. The fourth-order valence-corrected chi connectivity index (χ4v) is 2.38. The van der Waals surface area contributed by atoms with Gasteiger partial charge in [-0.15, -0.1) is 0 Å². The van der Waals surface area contributed by atoms with E-state index < -0.39 is 0 Å². The molecule has 86 valence electrons. The van der Waals surface area contributed by atoms with Crippen LogP contribution in [-0.4, -0.2) is 9.78 Å². The standard InChI is InChI=1S/C13H12BrN3/c1-8-4-10(6-15)11(5-9(8)2)13-12(14)7-16-17(13)3/h4-5,7H,1-3H3. The Labute approximate surface area is 109 Å². The number of rotatable bonds is 1. The molecular formula is C13H12BrN3. The molecule has 0 unspecified atom stereocenters. The van der Waals surface area contributed by atoms with Gasteiger partial charge in [-0.25, -0.2) is 0 Å². The molecule has 0 saturated heterocycles. The van der Waals surface area contributed by atoms with Crippen molar-refractivity contribution in [3.8, 4) is 17.3 Å². The first-order valence-electron chi connectivity index (χ1n) is 5.23. The molecule has 0 bridgehead atoms. The van der Waals surface area contributed by atoms with E-state index in [1.54, 1.807) is 10.9 Å². The largest absolute Gasteiger partial charge is 0.267 e. The summed E-state index contributed by atoms with van der Waals surface area (Å²) >= 11 is 3.47. The van der Waals surface area contributed by atoms with Crippen LogP contribution < -0.4 is 0 Å². The quantitative estimate of drug-likeness (QED) is 0.808. The predicted molar refractivity (Wildman–Crippen MR) is 70.5 cm³/mol. The summed E-state index contributed by atoms with van der Waals surface area (Å²) in [5.41, 5.74) is 4.83. The maximum Gasteiger partial charge on any atom is 0.0998 e. The summed E-state index contributed by atoms with van der Waals surface area (Å²) in [5, 5.41) is 13.4. The zero-order chi connectivity index (χ0) is 12.6. The van der Waals surface area contributed by atoms with Crippen molar-refractivity contribution in [3.63, 3.8) is 0 Å². The number of benzene rings is 1. The fraction of sp³-hybridized carbons (Fsp3) is 0.231. The molecule has 4 heteroatoms. The summed E-state index contributed by atoms with van der Waals surface area (Å²) in [6.07, 6.45) is 1.74. The van der Waals surface area contributed by atoms with Crippen LogP contribution in [0.15, 0.2) is 22.8 Å². The van der Waals surface area contributed by atoms with Gasteiger partial charge < -0.3 is 0 Å². The molecule has 2 rings (SSSR count). The molecule has 1 heterocycles.